The third-order valence-corrected chi connectivity index (χ3v) is 4.33. The number of fused-ring (bicyclic) bond motifs is 1. The Labute approximate surface area is 143 Å². The largest absolute Gasteiger partial charge is 0.370 e. The van der Waals surface area contributed by atoms with Crippen LogP contribution in [-0.4, -0.2) is 32.9 Å². The molecule has 1 aromatic carbocycles. The summed E-state index contributed by atoms with van der Waals surface area (Å²) < 4.78 is 22.1. The first-order valence-corrected chi connectivity index (χ1v) is 8.87. The van der Waals surface area contributed by atoms with E-state index in [1.165, 1.54) is 30.2 Å². The normalized spacial score (nSPS) is 15.0. The number of sulfone groups is 1. The molecule has 0 fully saturated rings. The van der Waals surface area contributed by atoms with E-state index in [9.17, 15) is 8.42 Å². The van der Waals surface area contributed by atoms with Crippen molar-refractivity contribution in [2.24, 2.45) is 10.7 Å². The molecule has 0 bridgehead atoms. The molecule has 2 rings (SSSR count). The third-order valence-electron chi connectivity index (χ3n) is 3.40. The predicted molar refractivity (Wildman–Crippen MR) is 98.3 cm³/mol. The molecule has 3 N–H and O–H groups in total. The van der Waals surface area contributed by atoms with Crippen LogP contribution >= 0.6 is 24.0 Å². The summed E-state index contributed by atoms with van der Waals surface area (Å²) in [6, 6.07) is 6.15. The number of nitrogens with two attached hydrogens (primary N) is 1. The van der Waals surface area contributed by atoms with Crippen LogP contribution in [0.1, 0.15) is 24.0 Å². The maximum atomic E-state index is 11.0. The fourth-order valence-electron chi connectivity index (χ4n) is 2.41. The topological polar surface area (TPSA) is 84.5 Å². The van der Waals surface area contributed by atoms with Gasteiger partial charge in [-0.05, 0) is 42.9 Å². The number of halogens is 1. The van der Waals surface area contributed by atoms with Gasteiger partial charge < -0.3 is 11.1 Å². The van der Waals surface area contributed by atoms with Crippen molar-refractivity contribution in [3.63, 3.8) is 0 Å². The molecule has 7 heteroatoms. The van der Waals surface area contributed by atoms with Gasteiger partial charge in [0.25, 0.3) is 0 Å². The van der Waals surface area contributed by atoms with E-state index >= 15 is 0 Å². The van der Waals surface area contributed by atoms with Crippen molar-refractivity contribution in [3.8, 4) is 0 Å². The quantitative estimate of drug-likeness (QED) is 0.441. The fraction of sp³-hybridized carbons (Fsp3) is 0.500. The number of aryl methyl sites for hydroxylation is 1. The van der Waals surface area contributed by atoms with E-state index in [4.69, 9.17) is 5.73 Å². The average molecular weight is 423 g/mol. The van der Waals surface area contributed by atoms with Crippen LogP contribution in [-0.2, 0) is 22.7 Å². The van der Waals surface area contributed by atoms with Gasteiger partial charge in [0.2, 0.25) is 0 Å². The van der Waals surface area contributed by atoms with Crippen molar-refractivity contribution >= 4 is 45.5 Å². The van der Waals surface area contributed by atoms with E-state index in [1.54, 1.807) is 0 Å². The number of rotatable bonds is 4. The fourth-order valence-corrected chi connectivity index (χ4v) is 2.83. The van der Waals surface area contributed by atoms with Crippen molar-refractivity contribution in [1.29, 1.82) is 0 Å². The third kappa shape index (κ3) is 5.82. The standard InChI is InChI=1S/C14H21N3O2S.HI/c1-20(18,19)10-9-16-14(15)17-13-8-4-6-11-5-2-3-7-12(11)13;/h4,6,8H,2-3,5,7,9-10H2,1H3,(H3,15,16,17);1H. The smallest absolute Gasteiger partial charge is 0.193 e. The van der Waals surface area contributed by atoms with Crippen LogP contribution in [0.2, 0.25) is 0 Å². The summed E-state index contributed by atoms with van der Waals surface area (Å²) in [6.07, 6.45) is 5.77. The molecule has 0 spiro atoms. The van der Waals surface area contributed by atoms with Crippen molar-refractivity contribution in [2.75, 3.05) is 23.9 Å². The van der Waals surface area contributed by atoms with E-state index in [0.29, 0.717) is 0 Å². The van der Waals surface area contributed by atoms with E-state index < -0.39 is 9.84 Å². The number of hydrogen-bond donors (Lipinski definition) is 2. The van der Waals surface area contributed by atoms with E-state index in [-0.39, 0.29) is 42.2 Å². The number of nitrogens with zero attached hydrogens (tertiary/aromatic N) is 1. The highest BCUT2D eigenvalue weighted by molar-refractivity contribution is 14.0. The van der Waals surface area contributed by atoms with Gasteiger partial charge in [0.05, 0.1) is 12.3 Å². The minimum absolute atomic E-state index is 0. The Morgan fingerprint density at radius 3 is 2.76 bits per heavy atom. The molecular formula is C14H22IN3O2S. The number of hydrogen-bond acceptors (Lipinski definition) is 3. The molecule has 5 nitrogen and oxygen atoms in total. The Hall–Kier alpha value is -0.830. The molecule has 1 aliphatic rings. The number of benzene rings is 1. The van der Waals surface area contributed by atoms with Crippen molar-refractivity contribution in [2.45, 2.75) is 25.7 Å². The molecule has 0 aliphatic heterocycles. The minimum atomic E-state index is -3.00. The number of anilines is 1. The maximum Gasteiger partial charge on any atom is 0.193 e. The first-order chi connectivity index (χ1) is 9.46. The molecule has 0 unspecified atom stereocenters. The second-order valence-electron chi connectivity index (χ2n) is 5.17. The summed E-state index contributed by atoms with van der Waals surface area (Å²) in [5.74, 6) is 0.287. The van der Waals surface area contributed by atoms with Crippen LogP contribution in [0, 0.1) is 0 Å². The van der Waals surface area contributed by atoms with Gasteiger partial charge in [-0.3, -0.25) is 4.99 Å². The molecule has 118 valence electrons. The minimum Gasteiger partial charge on any atom is -0.370 e. The second-order valence-corrected chi connectivity index (χ2v) is 7.43. The lowest BCUT2D eigenvalue weighted by Crippen LogP contribution is -2.25. The summed E-state index contributed by atoms with van der Waals surface area (Å²) in [6.45, 7) is 0.187. The lowest BCUT2D eigenvalue weighted by molar-refractivity contribution is 0.601. The Bertz CT molecular complexity index is 615. The first-order valence-electron chi connectivity index (χ1n) is 6.81. The zero-order valence-corrected chi connectivity index (χ0v) is 15.3. The van der Waals surface area contributed by atoms with Crippen molar-refractivity contribution in [3.05, 3.63) is 29.3 Å². The van der Waals surface area contributed by atoms with Gasteiger partial charge in [-0.2, -0.15) is 0 Å². The lowest BCUT2D eigenvalue weighted by atomic mass is 9.90. The summed E-state index contributed by atoms with van der Waals surface area (Å²) in [5.41, 5.74) is 9.47. The highest BCUT2D eigenvalue weighted by Crippen LogP contribution is 2.27. The highest BCUT2D eigenvalue weighted by Gasteiger charge is 2.13. The van der Waals surface area contributed by atoms with Gasteiger partial charge in [-0.1, -0.05) is 12.1 Å². The molecule has 0 heterocycles. The lowest BCUT2D eigenvalue weighted by Gasteiger charge is -2.19. The Balaban J connectivity index is 0.00000220. The number of guanidine groups is 1. The predicted octanol–water partition coefficient (Wildman–Crippen LogP) is 1.95. The van der Waals surface area contributed by atoms with Crippen molar-refractivity contribution in [1.82, 2.24) is 0 Å². The Kier molecular flexibility index (Phi) is 6.92. The van der Waals surface area contributed by atoms with Crippen LogP contribution in [0.3, 0.4) is 0 Å². The van der Waals surface area contributed by atoms with Gasteiger partial charge in [-0.25, -0.2) is 8.42 Å². The molecule has 0 aromatic heterocycles. The zero-order chi connectivity index (χ0) is 14.6. The van der Waals surface area contributed by atoms with E-state index in [1.807, 2.05) is 12.1 Å². The summed E-state index contributed by atoms with van der Waals surface area (Å²) in [5, 5.41) is 3.09. The van der Waals surface area contributed by atoms with Crippen LogP contribution in [0.4, 0.5) is 5.69 Å². The first kappa shape index (κ1) is 18.2. The highest BCUT2D eigenvalue weighted by atomic mass is 127. The summed E-state index contributed by atoms with van der Waals surface area (Å²) in [7, 11) is -3.00. The maximum absolute atomic E-state index is 11.0. The number of aliphatic imine (C=N–C) groups is 1. The van der Waals surface area contributed by atoms with Gasteiger partial charge >= 0.3 is 0 Å². The monoisotopic (exact) mass is 423 g/mol. The molecule has 0 saturated carbocycles. The molecule has 0 atom stereocenters. The van der Waals surface area contributed by atoms with Crippen LogP contribution in [0.5, 0.6) is 0 Å². The van der Waals surface area contributed by atoms with E-state index in [2.05, 4.69) is 16.4 Å². The van der Waals surface area contributed by atoms with Gasteiger partial charge in [0.1, 0.15) is 9.84 Å². The molecule has 0 amide bonds. The summed E-state index contributed by atoms with van der Waals surface area (Å²) in [4.78, 5) is 4.06. The SMILES string of the molecule is CS(=O)(=O)CCN=C(N)Nc1cccc2c1CCCC2.I. The van der Waals surface area contributed by atoms with Crippen LogP contribution < -0.4 is 11.1 Å². The average Bonchev–Trinajstić information content (AvgIpc) is 2.37. The van der Waals surface area contributed by atoms with Gasteiger partial charge in [0, 0.05) is 11.9 Å². The Morgan fingerprint density at radius 2 is 2.05 bits per heavy atom. The molecule has 0 radical (unpaired) electrons. The van der Waals surface area contributed by atoms with Crippen LogP contribution in [0.25, 0.3) is 0 Å². The molecule has 1 aromatic rings. The van der Waals surface area contributed by atoms with Crippen LogP contribution in [0.15, 0.2) is 23.2 Å². The van der Waals surface area contributed by atoms with Gasteiger partial charge in [0.15, 0.2) is 5.96 Å². The molecule has 0 saturated heterocycles. The second kappa shape index (κ2) is 7.98. The Morgan fingerprint density at radius 1 is 1.33 bits per heavy atom. The molecule has 21 heavy (non-hydrogen) atoms. The molecular weight excluding hydrogens is 401 g/mol. The van der Waals surface area contributed by atoms with Crippen molar-refractivity contribution < 1.29 is 8.42 Å². The molecule has 1 aliphatic carbocycles. The van der Waals surface area contributed by atoms with Gasteiger partial charge in [-0.15, -0.1) is 24.0 Å². The zero-order valence-electron chi connectivity index (χ0n) is 12.1. The number of nitrogens with one attached hydrogen (secondary N) is 1. The summed E-state index contributed by atoms with van der Waals surface area (Å²) >= 11 is 0. The van der Waals surface area contributed by atoms with E-state index in [0.717, 1.165) is 18.5 Å².